The van der Waals surface area contributed by atoms with Crippen molar-refractivity contribution in [2.24, 2.45) is 5.92 Å². The lowest BCUT2D eigenvalue weighted by Crippen LogP contribution is -2.45. The minimum absolute atomic E-state index is 0. The highest BCUT2D eigenvalue weighted by atomic mass is 35.5. The van der Waals surface area contributed by atoms with Gasteiger partial charge < -0.3 is 10.0 Å². The molecule has 21 heavy (non-hydrogen) atoms. The lowest BCUT2D eigenvalue weighted by Gasteiger charge is -2.36. The van der Waals surface area contributed by atoms with Crippen LogP contribution in [0.5, 0.6) is 0 Å². The highest BCUT2D eigenvalue weighted by molar-refractivity contribution is 5.85. The number of nitrogens with zero attached hydrogens (tertiary/aromatic N) is 2. The number of likely N-dealkylation sites (tertiary alicyclic amines) is 1. The average Bonchev–Trinajstić information content (AvgIpc) is 2.92. The van der Waals surface area contributed by atoms with Crippen molar-refractivity contribution < 1.29 is 9.90 Å². The molecule has 124 valence electrons. The largest absolute Gasteiger partial charge is 0.480 e. The van der Waals surface area contributed by atoms with Gasteiger partial charge in [-0.05, 0) is 58.3 Å². The number of piperidine rings is 1. The van der Waals surface area contributed by atoms with Crippen molar-refractivity contribution >= 4 is 18.4 Å². The predicted octanol–water partition coefficient (Wildman–Crippen LogP) is 2.86. The topological polar surface area (TPSA) is 43.8 Å². The van der Waals surface area contributed by atoms with E-state index in [2.05, 4.69) is 4.90 Å². The SMILES string of the molecule is CN(CC(=O)O)C1CCN(CCCC2CCCC2)CC1.Cl. The van der Waals surface area contributed by atoms with Crippen LogP contribution in [-0.4, -0.2) is 60.1 Å². The summed E-state index contributed by atoms with van der Waals surface area (Å²) in [6, 6.07) is 0.456. The first-order valence-electron chi connectivity index (χ1n) is 8.29. The van der Waals surface area contributed by atoms with E-state index in [0.717, 1.165) is 31.8 Å². The van der Waals surface area contributed by atoms with Crippen LogP contribution >= 0.6 is 12.4 Å². The summed E-state index contributed by atoms with van der Waals surface area (Å²) in [7, 11) is 1.94. The summed E-state index contributed by atoms with van der Waals surface area (Å²) in [5.41, 5.74) is 0. The Labute approximate surface area is 135 Å². The van der Waals surface area contributed by atoms with Crippen molar-refractivity contribution in [3.8, 4) is 0 Å². The number of halogens is 1. The Morgan fingerprint density at radius 1 is 1.19 bits per heavy atom. The molecule has 0 unspecified atom stereocenters. The van der Waals surface area contributed by atoms with Crippen LogP contribution in [0.25, 0.3) is 0 Å². The number of carboxylic acid groups (broad SMARTS) is 1. The van der Waals surface area contributed by atoms with Crippen LogP contribution in [0.2, 0.25) is 0 Å². The number of rotatable bonds is 7. The molecule has 1 saturated heterocycles. The molecule has 5 heteroatoms. The van der Waals surface area contributed by atoms with Crippen LogP contribution in [0.3, 0.4) is 0 Å². The number of hydrogen-bond acceptors (Lipinski definition) is 3. The molecule has 1 N–H and O–H groups in total. The molecule has 2 rings (SSSR count). The van der Waals surface area contributed by atoms with Gasteiger partial charge in [0.25, 0.3) is 0 Å². The molecule has 0 atom stereocenters. The molecule has 1 aliphatic carbocycles. The number of likely N-dealkylation sites (N-methyl/N-ethyl adjacent to an activating group) is 1. The first-order chi connectivity index (χ1) is 9.65. The van der Waals surface area contributed by atoms with E-state index in [1.807, 2.05) is 11.9 Å². The van der Waals surface area contributed by atoms with Crippen molar-refractivity contribution in [3.63, 3.8) is 0 Å². The van der Waals surface area contributed by atoms with Crippen LogP contribution in [0.1, 0.15) is 51.4 Å². The molecule has 2 fully saturated rings. The predicted molar refractivity (Wildman–Crippen MR) is 88.2 cm³/mol. The number of hydrogen-bond donors (Lipinski definition) is 1. The number of carbonyl (C=O) groups is 1. The molecule has 4 nitrogen and oxygen atoms in total. The fourth-order valence-corrected chi connectivity index (χ4v) is 3.83. The van der Waals surface area contributed by atoms with E-state index in [9.17, 15) is 4.79 Å². The molecule has 1 aliphatic heterocycles. The summed E-state index contributed by atoms with van der Waals surface area (Å²) in [5, 5.41) is 8.83. The minimum atomic E-state index is -0.716. The van der Waals surface area contributed by atoms with Gasteiger partial charge in [-0.25, -0.2) is 0 Å². The maximum atomic E-state index is 10.7. The molecule has 1 heterocycles. The standard InChI is InChI=1S/C16H30N2O2.ClH/c1-17(13-16(19)20)15-8-11-18(12-9-15)10-4-7-14-5-2-3-6-14;/h14-15H,2-13H2,1H3,(H,19,20);1H. The first-order valence-corrected chi connectivity index (χ1v) is 8.29. The van der Waals surface area contributed by atoms with Crippen LogP contribution in [0.4, 0.5) is 0 Å². The maximum Gasteiger partial charge on any atom is 0.317 e. The van der Waals surface area contributed by atoms with E-state index < -0.39 is 5.97 Å². The van der Waals surface area contributed by atoms with Gasteiger partial charge in [-0.1, -0.05) is 25.7 Å². The van der Waals surface area contributed by atoms with Gasteiger partial charge in [-0.3, -0.25) is 9.69 Å². The van der Waals surface area contributed by atoms with E-state index in [1.54, 1.807) is 0 Å². The van der Waals surface area contributed by atoms with Gasteiger partial charge in [0.1, 0.15) is 0 Å². The van der Waals surface area contributed by atoms with Crippen LogP contribution in [0.15, 0.2) is 0 Å². The minimum Gasteiger partial charge on any atom is -0.480 e. The Kier molecular flexibility index (Phi) is 8.60. The van der Waals surface area contributed by atoms with Gasteiger partial charge in [0, 0.05) is 6.04 Å². The van der Waals surface area contributed by atoms with E-state index in [1.165, 1.54) is 45.1 Å². The highest BCUT2D eigenvalue weighted by Gasteiger charge is 2.23. The van der Waals surface area contributed by atoms with Gasteiger partial charge in [0.05, 0.1) is 6.54 Å². The molecular weight excluding hydrogens is 288 g/mol. The number of carboxylic acids is 1. The molecule has 1 saturated carbocycles. The highest BCUT2D eigenvalue weighted by Crippen LogP contribution is 2.28. The fraction of sp³-hybridized carbons (Fsp3) is 0.938. The monoisotopic (exact) mass is 318 g/mol. The van der Waals surface area contributed by atoms with E-state index in [0.29, 0.717) is 6.04 Å². The molecule has 0 radical (unpaired) electrons. The summed E-state index contributed by atoms with van der Waals surface area (Å²) < 4.78 is 0. The second-order valence-corrected chi connectivity index (χ2v) is 6.67. The Morgan fingerprint density at radius 3 is 2.38 bits per heavy atom. The molecule has 0 aromatic carbocycles. The molecule has 0 bridgehead atoms. The van der Waals surface area contributed by atoms with Crippen LogP contribution in [-0.2, 0) is 4.79 Å². The molecular formula is C16H31ClN2O2. The Balaban J connectivity index is 0.00000220. The Morgan fingerprint density at radius 2 is 1.81 bits per heavy atom. The molecule has 0 aromatic heterocycles. The molecule has 2 aliphatic rings. The van der Waals surface area contributed by atoms with E-state index in [4.69, 9.17) is 5.11 Å². The van der Waals surface area contributed by atoms with Gasteiger partial charge in [0.2, 0.25) is 0 Å². The number of aliphatic carboxylic acids is 1. The Hall–Kier alpha value is -0.320. The zero-order chi connectivity index (χ0) is 14.4. The average molecular weight is 319 g/mol. The first kappa shape index (κ1) is 18.7. The van der Waals surface area contributed by atoms with Crippen molar-refractivity contribution in [2.75, 3.05) is 33.2 Å². The normalized spacial score (nSPS) is 21.6. The third-order valence-electron chi connectivity index (χ3n) is 5.13. The molecule has 0 amide bonds. The summed E-state index contributed by atoms with van der Waals surface area (Å²) in [6.45, 7) is 3.69. The van der Waals surface area contributed by atoms with Crippen molar-refractivity contribution in [3.05, 3.63) is 0 Å². The van der Waals surface area contributed by atoms with E-state index in [-0.39, 0.29) is 19.0 Å². The van der Waals surface area contributed by atoms with Gasteiger partial charge >= 0.3 is 5.97 Å². The van der Waals surface area contributed by atoms with Crippen molar-refractivity contribution in [2.45, 2.75) is 57.4 Å². The summed E-state index contributed by atoms with van der Waals surface area (Å²) in [4.78, 5) is 15.3. The van der Waals surface area contributed by atoms with E-state index >= 15 is 0 Å². The summed E-state index contributed by atoms with van der Waals surface area (Å²) in [5.74, 6) is 0.292. The summed E-state index contributed by atoms with van der Waals surface area (Å²) >= 11 is 0. The lowest BCUT2D eigenvalue weighted by molar-refractivity contribution is -0.138. The van der Waals surface area contributed by atoms with Crippen molar-refractivity contribution in [1.82, 2.24) is 9.80 Å². The van der Waals surface area contributed by atoms with Crippen LogP contribution in [0, 0.1) is 5.92 Å². The fourth-order valence-electron chi connectivity index (χ4n) is 3.83. The zero-order valence-corrected chi connectivity index (χ0v) is 14.1. The second-order valence-electron chi connectivity index (χ2n) is 6.67. The maximum absolute atomic E-state index is 10.7. The summed E-state index contributed by atoms with van der Waals surface area (Å²) in [6.07, 6.45) is 10.8. The molecule has 0 spiro atoms. The second kappa shape index (κ2) is 9.65. The van der Waals surface area contributed by atoms with Gasteiger partial charge in [0.15, 0.2) is 0 Å². The zero-order valence-electron chi connectivity index (χ0n) is 13.3. The quantitative estimate of drug-likeness (QED) is 0.784. The molecule has 0 aromatic rings. The van der Waals surface area contributed by atoms with Gasteiger partial charge in [-0.15, -0.1) is 12.4 Å². The third-order valence-corrected chi connectivity index (χ3v) is 5.13. The van der Waals surface area contributed by atoms with Gasteiger partial charge in [-0.2, -0.15) is 0 Å². The van der Waals surface area contributed by atoms with Crippen LogP contribution < -0.4 is 0 Å². The Bertz CT molecular complexity index is 301. The van der Waals surface area contributed by atoms with Crippen molar-refractivity contribution in [1.29, 1.82) is 0 Å². The smallest absolute Gasteiger partial charge is 0.317 e. The third kappa shape index (κ3) is 6.54. The lowest BCUT2D eigenvalue weighted by atomic mass is 10.00.